The van der Waals surface area contributed by atoms with Gasteiger partial charge in [0.2, 0.25) is 5.91 Å². The van der Waals surface area contributed by atoms with Crippen LogP contribution in [0.2, 0.25) is 5.02 Å². The average Bonchev–Trinajstić information content (AvgIpc) is 2.50. The average molecular weight is 315 g/mol. The number of benzene rings is 1. The van der Waals surface area contributed by atoms with Crippen molar-refractivity contribution < 1.29 is 19.8 Å². The fraction of sp³-hybridized carbons (Fsp3) is 0.429. The number of nitrogens with one attached hydrogen (secondary N) is 2. The molecule has 0 saturated heterocycles. The van der Waals surface area contributed by atoms with Crippen LogP contribution >= 0.6 is 11.6 Å². The summed E-state index contributed by atoms with van der Waals surface area (Å²) < 4.78 is 0. The second-order valence-corrected chi connectivity index (χ2v) is 5.13. The molecule has 2 amide bonds. The lowest BCUT2D eigenvalue weighted by molar-refractivity contribution is -0.123. The molecule has 0 fully saturated rings. The summed E-state index contributed by atoms with van der Waals surface area (Å²) in [6.45, 7) is 0.715. The number of hydrogen-bond donors (Lipinski definition) is 4. The minimum Gasteiger partial charge on any atom is -0.394 e. The van der Waals surface area contributed by atoms with E-state index in [0.29, 0.717) is 17.0 Å². The normalized spacial score (nSPS) is 11.0. The van der Waals surface area contributed by atoms with E-state index in [2.05, 4.69) is 10.6 Å². The van der Waals surface area contributed by atoms with Crippen molar-refractivity contribution in [2.24, 2.45) is 0 Å². The van der Waals surface area contributed by atoms with E-state index in [9.17, 15) is 19.8 Å². The molecule has 21 heavy (non-hydrogen) atoms. The molecule has 0 aliphatic heterocycles. The number of carbonyl (C=O) groups excluding carboxylic acids is 2. The summed E-state index contributed by atoms with van der Waals surface area (Å²) in [6.07, 6.45) is 0.369. The second-order valence-electron chi connectivity index (χ2n) is 4.69. The summed E-state index contributed by atoms with van der Waals surface area (Å²) in [4.78, 5) is 23.6. The zero-order chi connectivity index (χ0) is 15.9. The largest absolute Gasteiger partial charge is 0.394 e. The molecule has 0 aliphatic rings. The van der Waals surface area contributed by atoms with Crippen molar-refractivity contribution in [2.75, 3.05) is 19.8 Å². The summed E-state index contributed by atoms with van der Waals surface area (Å²) in [6, 6.07) is 6.35. The zero-order valence-corrected chi connectivity index (χ0v) is 12.5. The maximum atomic E-state index is 11.8. The number of aliphatic hydroxyl groups excluding tert-OH is 2. The van der Waals surface area contributed by atoms with Gasteiger partial charge in [0.1, 0.15) is 0 Å². The van der Waals surface area contributed by atoms with Gasteiger partial charge in [0.15, 0.2) is 0 Å². The fourth-order valence-electron chi connectivity index (χ4n) is 1.67. The van der Waals surface area contributed by atoms with Crippen LogP contribution in [0.25, 0.3) is 0 Å². The van der Waals surface area contributed by atoms with Crippen LogP contribution in [-0.2, 0) is 4.79 Å². The smallest absolute Gasteiger partial charge is 0.251 e. The van der Waals surface area contributed by atoms with Gasteiger partial charge in [-0.05, 0) is 24.6 Å². The highest BCUT2D eigenvalue weighted by molar-refractivity contribution is 6.30. The second kappa shape index (κ2) is 7.97. The third kappa shape index (κ3) is 5.00. The molecule has 4 N–H and O–H groups in total. The Morgan fingerprint density at radius 2 is 1.95 bits per heavy atom. The molecule has 0 heterocycles. The van der Waals surface area contributed by atoms with E-state index in [0.717, 1.165) is 0 Å². The minimum absolute atomic E-state index is 0.257. The van der Waals surface area contributed by atoms with Gasteiger partial charge in [-0.3, -0.25) is 9.59 Å². The maximum Gasteiger partial charge on any atom is 0.251 e. The molecule has 7 heteroatoms. The van der Waals surface area contributed by atoms with Crippen LogP contribution in [-0.4, -0.2) is 47.3 Å². The Hall–Kier alpha value is -1.63. The quantitative estimate of drug-likeness (QED) is 0.582. The molecule has 0 atom stereocenters. The molecule has 0 radical (unpaired) electrons. The van der Waals surface area contributed by atoms with Gasteiger partial charge < -0.3 is 20.8 Å². The molecular weight excluding hydrogens is 296 g/mol. The highest BCUT2D eigenvalue weighted by Gasteiger charge is 2.28. The van der Waals surface area contributed by atoms with E-state index in [4.69, 9.17) is 11.6 Å². The first-order chi connectivity index (χ1) is 9.96. The molecule has 0 aromatic heterocycles. The van der Waals surface area contributed by atoms with Crippen LogP contribution in [0.15, 0.2) is 24.3 Å². The first-order valence-corrected chi connectivity index (χ1v) is 6.90. The summed E-state index contributed by atoms with van der Waals surface area (Å²) in [5, 5.41) is 23.9. The molecule has 0 saturated carbocycles. The molecular formula is C14H19ClN2O4. The van der Waals surface area contributed by atoms with Crippen molar-refractivity contribution in [3.63, 3.8) is 0 Å². The molecule has 1 rings (SSSR count). The topological polar surface area (TPSA) is 98.7 Å². The Bertz CT molecular complexity index is 495. The van der Waals surface area contributed by atoms with Crippen molar-refractivity contribution in [3.8, 4) is 0 Å². The van der Waals surface area contributed by atoms with E-state index < -0.39 is 17.4 Å². The summed E-state index contributed by atoms with van der Waals surface area (Å²) in [5.74, 6) is -0.918. The highest BCUT2D eigenvalue weighted by Crippen LogP contribution is 2.10. The van der Waals surface area contributed by atoms with Crippen LogP contribution in [0.4, 0.5) is 0 Å². The van der Waals surface area contributed by atoms with Crippen LogP contribution in [0.5, 0.6) is 0 Å². The van der Waals surface area contributed by atoms with Gasteiger partial charge in [-0.1, -0.05) is 24.6 Å². The third-order valence-corrected chi connectivity index (χ3v) is 3.42. The van der Waals surface area contributed by atoms with Crippen LogP contribution in [0.3, 0.4) is 0 Å². The molecule has 0 bridgehead atoms. The monoisotopic (exact) mass is 314 g/mol. The number of hydrogen-bond acceptors (Lipinski definition) is 4. The van der Waals surface area contributed by atoms with Gasteiger partial charge in [0.05, 0.1) is 25.3 Å². The Balaban J connectivity index is 2.55. The summed E-state index contributed by atoms with van der Waals surface area (Å²) in [5.41, 5.74) is -0.723. The van der Waals surface area contributed by atoms with Gasteiger partial charge in [0, 0.05) is 10.6 Å². The van der Waals surface area contributed by atoms with Crippen molar-refractivity contribution in [3.05, 3.63) is 34.9 Å². The first-order valence-electron chi connectivity index (χ1n) is 6.53. The minimum atomic E-state index is -1.07. The molecule has 0 spiro atoms. The van der Waals surface area contributed by atoms with E-state index in [-0.39, 0.29) is 19.8 Å². The van der Waals surface area contributed by atoms with Crippen molar-refractivity contribution in [2.45, 2.75) is 18.9 Å². The molecule has 1 aromatic carbocycles. The Labute approximate surface area is 128 Å². The number of rotatable bonds is 7. The predicted octanol–water partition coefficient (Wildman–Crippen LogP) is 0.319. The number of halogens is 1. The van der Waals surface area contributed by atoms with Crippen molar-refractivity contribution in [1.82, 2.24) is 10.6 Å². The van der Waals surface area contributed by atoms with E-state index >= 15 is 0 Å². The number of carbonyl (C=O) groups is 2. The van der Waals surface area contributed by atoms with Gasteiger partial charge >= 0.3 is 0 Å². The molecule has 6 nitrogen and oxygen atoms in total. The lowest BCUT2D eigenvalue weighted by atomic mass is 9.98. The van der Waals surface area contributed by atoms with Crippen LogP contribution in [0, 0.1) is 0 Å². The van der Waals surface area contributed by atoms with Gasteiger partial charge in [-0.25, -0.2) is 0 Å². The number of amides is 2. The maximum absolute atomic E-state index is 11.8. The van der Waals surface area contributed by atoms with Crippen molar-refractivity contribution >= 4 is 23.4 Å². The third-order valence-electron chi connectivity index (χ3n) is 3.18. The zero-order valence-electron chi connectivity index (χ0n) is 11.7. The first kappa shape index (κ1) is 17.4. The van der Waals surface area contributed by atoms with E-state index in [1.807, 2.05) is 0 Å². The lowest BCUT2D eigenvalue weighted by Gasteiger charge is -2.29. The molecule has 116 valence electrons. The van der Waals surface area contributed by atoms with E-state index in [1.54, 1.807) is 25.1 Å². The fourth-order valence-corrected chi connectivity index (χ4v) is 1.86. The van der Waals surface area contributed by atoms with Gasteiger partial charge in [-0.15, -0.1) is 0 Å². The Morgan fingerprint density at radius 3 is 2.48 bits per heavy atom. The van der Waals surface area contributed by atoms with E-state index in [1.165, 1.54) is 6.07 Å². The standard InChI is InChI=1S/C14H19ClN2O4/c1-2-14(8-18,9-19)17-12(20)7-16-13(21)10-4-3-5-11(15)6-10/h3-6,18-19H,2,7-9H2,1H3,(H,16,21)(H,17,20). The lowest BCUT2D eigenvalue weighted by Crippen LogP contribution is -2.55. The summed E-state index contributed by atoms with van der Waals surface area (Å²) >= 11 is 5.78. The van der Waals surface area contributed by atoms with Crippen LogP contribution < -0.4 is 10.6 Å². The SMILES string of the molecule is CCC(CO)(CO)NC(=O)CNC(=O)c1cccc(Cl)c1. The molecule has 0 unspecified atom stereocenters. The van der Waals surface area contributed by atoms with Gasteiger partial charge in [0.25, 0.3) is 5.91 Å². The van der Waals surface area contributed by atoms with Crippen LogP contribution in [0.1, 0.15) is 23.7 Å². The highest BCUT2D eigenvalue weighted by atomic mass is 35.5. The van der Waals surface area contributed by atoms with Crippen molar-refractivity contribution in [1.29, 1.82) is 0 Å². The van der Waals surface area contributed by atoms with Gasteiger partial charge in [-0.2, -0.15) is 0 Å². The number of aliphatic hydroxyl groups is 2. The summed E-state index contributed by atoms with van der Waals surface area (Å²) in [7, 11) is 0. The molecule has 0 aliphatic carbocycles. The predicted molar refractivity (Wildman–Crippen MR) is 79.1 cm³/mol. The Kier molecular flexibility index (Phi) is 6.61. The molecule has 1 aromatic rings. The Morgan fingerprint density at radius 1 is 1.29 bits per heavy atom.